The molecule has 0 fully saturated rings. The minimum Gasteiger partial charge on any atom is -0.423 e. The van der Waals surface area contributed by atoms with Crippen LogP contribution in [0.1, 0.15) is 41.9 Å². The summed E-state index contributed by atoms with van der Waals surface area (Å²) in [7, 11) is 0. The molecule has 0 spiro atoms. The highest BCUT2D eigenvalue weighted by Gasteiger charge is 2.16. The zero-order chi connectivity index (χ0) is 20.5. The van der Waals surface area contributed by atoms with Crippen molar-refractivity contribution in [3.63, 3.8) is 0 Å². The topological polar surface area (TPSA) is 88.0 Å². The number of hydrogen-bond acceptors (Lipinski definition) is 4. The lowest BCUT2D eigenvalue weighted by atomic mass is 10.0. The molecule has 0 radical (unpaired) electrons. The second-order valence-corrected chi connectivity index (χ2v) is 7.42. The van der Waals surface area contributed by atoms with E-state index in [9.17, 15) is 9.59 Å². The number of rotatable bonds is 5. The molecule has 148 valence electrons. The van der Waals surface area contributed by atoms with E-state index in [2.05, 4.69) is 15.3 Å². The number of H-pyrrole nitrogens is 1. The maximum Gasteiger partial charge on any atom is 0.339 e. The van der Waals surface area contributed by atoms with E-state index < -0.39 is 0 Å². The molecule has 0 aliphatic carbocycles. The number of carbonyl (C=O) groups excluding carboxylic acids is 1. The van der Waals surface area contributed by atoms with Crippen LogP contribution >= 0.6 is 0 Å². The molecule has 2 aromatic carbocycles. The third kappa shape index (κ3) is 3.78. The van der Waals surface area contributed by atoms with Crippen molar-refractivity contribution >= 4 is 27.9 Å². The zero-order valence-electron chi connectivity index (χ0n) is 16.7. The molecule has 0 saturated heterocycles. The Labute approximate surface area is 168 Å². The van der Waals surface area contributed by atoms with Crippen LogP contribution in [0, 0.1) is 13.8 Å². The lowest BCUT2D eigenvalue weighted by Gasteiger charge is -2.12. The predicted molar refractivity (Wildman–Crippen MR) is 113 cm³/mol. The van der Waals surface area contributed by atoms with Crippen LogP contribution < -0.4 is 10.9 Å². The number of benzene rings is 2. The van der Waals surface area contributed by atoms with Crippen LogP contribution in [0.2, 0.25) is 0 Å². The Morgan fingerprint density at radius 3 is 2.79 bits per heavy atom. The molecule has 2 N–H and O–H groups in total. The highest BCUT2D eigenvalue weighted by molar-refractivity contribution is 5.82. The first-order valence-electron chi connectivity index (χ1n) is 9.69. The van der Waals surface area contributed by atoms with Gasteiger partial charge in [-0.1, -0.05) is 24.3 Å². The van der Waals surface area contributed by atoms with E-state index in [0.29, 0.717) is 23.4 Å². The van der Waals surface area contributed by atoms with E-state index in [0.717, 1.165) is 27.5 Å². The summed E-state index contributed by atoms with van der Waals surface area (Å²) >= 11 is 0. The maximum atomic E-state index is 12.5. The van der Waals surface area contributed by atoms with Crippen LogP contribution in [0.4, 0.5) is 0 Å². The van der Waals surface area contributed by atoms with Crippen molar-refractivity contribution in [2.24, 2.45) is 0 Å². The molecular formula is C23H23N3O3. The molecule has 1 atom stereocenters. The van der Waals surface area contributed by atoms with Crippen LogP contribution in [-0.2, 0) is 11.2 Å². The van der Waals surface area contributed by atoms with Crippen molar-refractivity contribution in [2.75, 3.05) is 0 Å². The van der Waals surface area contributed by atoms with Gasteiger partial charge in [-0.05, 0) is 56.5 Å². The van der Waals surface area contributed by atoms with Gasteiger partial charge >= 0.3 is 5.63 Å². The van der Waals surface area contributed by atoms with E-state index in [1.165, 1.54) is 0 Å². The Hall–Kier alpha value is -3.41. The molecule has 1 amide bonds. The number of aromatic nitrogens is 2. The predicted octanol–water partition coefficient (Wildman–Crippen LogP) is 4.10. The zero-order valence-corrected chi connectivity index (χ0v) is 16.7. The third-order valence-corrected chi connectivity index (χ3v) is 5.24. The second-order valence-electron chi connectivity index (χ2n) is 7.42. The van der Waals surface area contributed by atoms with Crippen molar-refractivity contribution in [3.05, 3.63) is 75.4 Å². The number of aryl methyl sites for hydroxylation is 2. The number of carbonyl (C=O) groups is 1. The van der Waals surface area contributed by atoms with Crippen molar-refractivity contribution in [1.82, 2.24) is 15.3 Å². The molecule has 0 aliphatic rings. The summed E-state index contributed by atoms with van der Waals surface area (Å²) in [5.41, 5.74) is 4.46. The number of nitrogens with one attached hydrogen (secondary N) is 2. The highest BCUT2D eigenvalue weighted by atomic mass is 16.4. The molecule has 4 aromatic rings. The Kier molecular flexibility index (Phi) is 4.92. The molecular weight excluding hydrogens is 366 g/mol. The average Bonchev–Trinajstić information content (AvgIpc) is 3.12. The molecule has 0 aliphatic heterocycles. The van der Waals surface area contributed by atoms with Gasteiger partial charge in [-0.2, -0.15) is 0 Å². The van der Waals surface area contributed by atoms with Gasteiger partial charge in [0.2, 0.25) is 5.91 Å². The fourth-order valence-corrected chi connectivity index (χ4v) is 3.59. The van der Waals surface area contributed by atoms with Gasteiger partial charge in [0.1, 0.15) is 11.4 Å². The summed E-state index contributed by atoms with van der Waals surface area (Å²) in [6.45, 7) is 5.74. The van der Waals surface area contributed by atoms with Crippen molar-refractivity contribution in [1.29, 1.82) is 0 Å². The van der Waals surface area contributed by atoms with Gasteiger partial charge < -0.3 is 14.7 Å². The Morgan fingerprint density at radius 1 is 1.21 bits per heavy atom. The largest absolute Gasteiger partial charge is 0.423 e. The van der Waals surface area contributed by atoms with Crippen LogP contribution in [0.5, 0.6) is 0 Å². The second kappa shape index (κ2) is 7.54. The lowest BCUT2D eigenvalue weighted by molar-refractivity contribution is -0.121. The van der Waals surface area contributed by atoms with Crippen LogP contribution in [0.15, 0.2) is 51.7 Å². The first-order chi connectivity index (χ1) is 13.9. The minimum absolute atomic E-state index is 0.138. The van der Waals surface area contributed by atoms with E-state index >= 15 is 0 Å². The fourth-order valence-electron chi connectivity index (χ4n) is 3.59. The van der Waals surface area contributed by atoms with Crippen molar-refractivity contribution in [2.45, 2.75) is 39.7 Å². The Bertz CT molecular complexity index is 1240. The molecule has 2 aromatic heterocycles. The quantitative estimate of drug-likeness (QED) is 0.503. The molecule has 6 heteroatoms. The van der Waals surface area contributed by atoms with E-state index in [1.807, 2.05) is 63.2 Å². The molecule has 0 bridgehead atoms. The summed E-state index contributed by atoms with van der Waals surface area (Å²) in [5.74, 6) is 0.567. The first-order valence-corrected chi connectivity index (χ1v) is 9.69. The molecule has 29 heavy (non-hydrogen) atoms. The van der Waals surface area contributed by atoms with E-state index in [4.69, 9.17) is 4.42 Å². The molecule has 0 unspecified atom stereocenters. The van der Waals surface area contributed by atoms with Crippen LogP contribution in [0.3, 0.4) is 0 Å². The van der Waals surface area contributed by atoms with Crippen LogP contribution in [0.25, 0.3) is 22.0 Å². The SMILES string of the molecule is Cc1ccc2c(C)c(CCC(=O)N[C@H](C)c3nc4ccccc4[nH]3)c(=O)oc2c1. The summed E-state index contributed by atoms with van der Waals surface area (Å²) in [6.07, 6.45) is 0.532. The number of imidazole rings is 1. The standard InChI is InChI=1S/C23H23N3O3/c1-13-8-9-16-14(2)17(23(28)29-20(16)12-13)10-11-21(27)24-15(3)22-25-18-6-4-5-7-19(18)26-22/h4-9,12,15H,10-11H2,1-3H3,(H,24,27)(H,25,26)/t15-/m1/s1. The van der Waals surface area contributed by atoms with Gasteiger partial charge in [-0.3, -0.25) is 4.79 Å². The highest BCUT2D eigenvalue weighted by Crippen LogP contribution is 2.21. The molecule has 2 heterocycles. The summed E-state index contributed by atoms with van der Waals surface area (Å²) in [6, 6.07) is 13.3. The van der Waals surface area contributed by atoms with Gasteiger partial charge in [0.05, 0.1) is 17.1 Å². The van der Waals surface area contributed by atoms with Gasteiger partial charge in [0.15, 0.2) is 0 Å². The number of aromatic amines is 1. The van der Waals surface area contributed by atoms with Gasteiger partial charge in [-0.25, -0.2) is 9.78 Å². The Morgan fingerprint density at radius 2 is 2.00 bits per heavy atom. The van der Waals surface area contributed by atoms with E-state index in [-0.39, 0.29) is 24.0 Å². The number of para-hydroxylation sites is 2. The molecule has 6 nitrogen and oxygen atoms in total. The fraction of sp³-hybridized carbons (Fsp3) is 0.261. The number of nitrogens with zero attached hydrogens (tertiary/aromatic N) is 1. The van der Waals surface area contributed by atoms with Crippen molar-refractivity contribution < 1.29 is 9.21 Å². The monoisotopic (exact) mass is 389 g/mol. The van der Waals surface area contributed by atoms with Gasteiger partial charge in [-0.15, -0.1) is 0 Å². The third-order valence-electron chi connectivity index (χ3n) is 5.24. The minimum atomic E-state index is -0.376. The lowest BCUT2D eigenvalue weighted by Crippen LogP contribution is -2.28. The van der Waals surface area contributed by atoms with Crippen LogP contribution in [-0.4, -0.2) is 15.9 Å². The summed E-state index contributed by atoms with van der Waals surface area (Å²) < 4.78 is 5.47. The first kappa shape index (κ1) is 18.9. The average molecular weight is 389 g/mol. The van der Waals surface area contributed by atoms with Crippen molar-refractivity contribution in [3.8, 4) is 0 Å². The normalized spacial score (nSPS) is 12.4. The van der Waals surface area contributed by atoms with Gasteiger partial charge in [0, 0.05) is 17.4 Å². The number of amides is 1. The number of hydrogen-bond donors (Lipinski definition) is 2. The molecule has 0 saturated carbocycles. The van der Waals surface area contributed by atoms with Gasteiger partial charge in [0.25, 0.3) is 0 Å². The number of fused-ring (bicyclic) bond motifs is 2. The Balaban J connectivity index is 1.46. The smallest absolute Gasteiger partial charge is 0.339 e. The summed E-state index contributed by atoms with van der Waals surface area (Å²) in [4.78, 5) is 32.6. The summed E-state index contributed by atoms with van der Waals surface area (Å²) in [5, 5.41) is 3.85. The molecule has 4 rings (SSSR count). The van der Waals surface area contributed by atoms with E-state index in [1.54, 1.807) is 0 Å². The maximum absolute atomic E-state index is 12.5.